The van der Waals surface area contributed by atoms with Crippen molar-refractivity contribution in [2.75, 3.05) is 26.2 Å². The largest absolute Gasteiger partial charge is 0.444 e. The molecule has 1 rings (SSSR count). The second-order valence-electron chi connectivity index (χ2n) is 6.36. The summed E-state index contributed by atoms with van der Waals surface area (Å²) in [6.07, 6.45) is 1.16. The van der Waals surface area contributed by atoms with Crippen LogP contribution in [0.25, 0.3) is 0 Å². The minimum atomic E-state index is -0.483. The van der Waals surface area contributed by atoms with E-state index in [4.69, 9.17) is 4.74 Å². The number of carbonyl (C=O) groups is 2. The number of nitrogens with zero attached hydrogens (tertiary/aromatic N) is 2. The Bertz CT molecular complexity index is 354. The Balaban J connectivity index is 2.39. The molecule has 6 heteroatoms. The van der Waals surface area contributed by atoms with Crippen molar-refractivity contribution in [2.24, 2.45) is 0 Å². The molecule has 0 saturated carbocycles. The van der Waals surface area contributed by atoms with E-state index in [1.54, 1.807) is 0 Å². The Kier molecular flexibility index (Phi) is 6.30. The van der Waals surface area contributed by atoms with E-state index in [1.807, 2.05) is 44.4 Å². The van der Waals surface area contributed by atoms with E-state index in [1.165, 1.54) is 0 Å². The molecule has 0 atom stereocenters. The zero-order valence-electron chi connectivity index (χ0n) is 13.9. The number of likely N-dealkylation sites (tertiary alicyclic amines) is 1. The third-order valence-electron chi connectivity index (χ3n) is 3.52. The van der Waals surface area contributed by atoms with Gasteiger partial charge in [-0.25, -0.2) is 9.59 Å². The van der Waals surface area contributed by atoms with Crippen LogP contribution in [0.3, 0.4) is 0 Å². The van der Waals surface area contributed by atoms with Crippen molar-refractivity contribution in [1.82, 2.24) is 15.1 Å². The van der Waals surface area contributed by atoms with Crippen LogP contribution in [0.2, 0.25) is 0 Å². The molecule has 1 saturated heterocycles. The number of hydrogen-bond acceptors (Lipinski definition) is 3. The average Bonchev–Trinajstić information content (AvgIpc) is 2.38. The smallest absolute Gasteiger partial charge is 0.407 e. The number of ether oxygens (including phenoxy) is 1. The first kappa shape index (κ1) is 17.6. The fourth-order valence-corrected chi connectivity index (χ4v) is 2.38. The first-order chi connectivity index (χ1) is 9.76. The van der Waals surface area contributed by atoms with Crippen LogP contribution in [0.5, 0.6) is 0 Å². The number of urea groups is 1. The Morgan fingerprint density at radius 1 is 1.19 bits per heavy atom. The number of hydrogen-bond donors (Lipinski definition) is 1. The van der Waals surface area contributed by atoms with Crippen LogP contribution in [-0.2, 0) is 4.74 Å². The van der Waals surface area contributed by atoms with Gasteiger partial charge in [0, 0.05) is 32.2 Å². The van der Waals surface area contributed by atoms with Gasteiger partial charge in [-0.2, -0.15) is 0 Å². The number of nitrogens with one attached hydrogen (secondary N) is 1. The molecule has 6 nitrogen and oxygen atoms in total. The number of piperidine rings is 1. The van der Waals surface area contributed by atoms with Gasteiger partial charge in [0.1, 0.15) is 5.60 Å². The van der Waals surface area contributed by atoms with Gasteiger partial charge in [-0.05, 0) is 47.5 Å². The average molecular weight is 299 g/mol. The molecule has 1 aliphatic rings. The Labute approximate surface area is 127 Å². The molecule has 1 heterocycles. The van der Waals surface area contributed by atoms with Crippen molar-refractivity contribution in [3.05, 3.63) is 0 Å². The Morgan fingerprint density at radius 3 is 2.14 bits per heavy atom. The molecule has 0 unspecified atom stereocenters. The molecule has 0 bridgehead atoms. The van der Waals surface area contributed by atoms with Crippen LogP contribution >= 0.6 is 0 Å². The van der Waals surface area contributed by atoms with Crippen molar-refractivity contribution < 1.29 is 14.3 Å². The lowest BCUT2D eigenvalue weighted by atomic mass is 10.1. The summed E-state index contributed by atoms with van der Waals surface area (Å²) >= 11 is 0. The van der Waals surface area contributed by atoms with Gasteiger partial charge in [0.25, 0.3) is 0 Å². The molecule has 1 N–H and O–H groups in total. The quantitative estimate of drug-likeness (QED) is 0.870. The molecule has 0 spiro atoms. The van der Waals surface area contributed by atoms with Gasteiger partial charge in [-0.1, -0.05) is 0 Å². The highest BCUT2D eigenvalue weighted by Crippen LogP contribution is 2.14. The number of alkyl carbamates (subject to hydrolysis) is 1. The van der Waals surface area contributed by atoms with Crippen LogP contribution in [0.1, 0.15) is 47.5 Å². The summed E-state index contributed by atoms with van der Waals surface area (Å²) in [5, 5.41) is 2.88. The molecule has 0 aromatic heterocycles. The number of amides is 3. The van der Waals surface area contributed by atoms with Crippen LogP contribution < -0.4 is 5.32 Å². The molecule has 1 fully saturated rings. The van der Waals surface area contributed by atoms with E-state index in [0.717, 1.165) is 25.9 Å². The summed E-state index contributed by atoms with van der Waals surface area (Å²) in [6, 6.07) is 0.177. The molecular formula is C15H29N3O3. The fourth-order valence-electron chi connectivity index (χ4n) is 2.38. The second-order valence-corrected chi connectivity index (χ2v) is 6.36. The summed E-state index contributed by atoms with van der Waals surface area (Å²) < 4.78 is 5.25. The molecule has 0 aromatic rings. The van der Waals surface area contributed by atoms with Crippen molar-refractivity contribution in [3.63, 3.8) is 0 Å². The van der Waals surface area contributed by atoms with Gasteiger partial charge < -0.3 is 19.9 Å². The maximum absolute atomic E-state index is 12.2. The van der Waals surface area contributed by atoms with E-state index in [-0.39, 0.29) is 18.2 Å². The predicted molar refractivity (Wildman–Crippen MR) is 82.3 cm³/mol. The topological polar surface area (TPSA) is 61.9 Å². The SMILES string of the molecule is CCN(CC)C(=O)N1CCC(NC(=O)OC(C)(C)C)CC1. The van der Waals surface area contributed by atoms with Gasteiger partial charge in [-0.3, -0.25) is 0 Å². The lowest BCUT2D eigenvalue weighted by molar-refractivity contribution is 0.0482. The molecule has 0 aromatic carbocycles. The summed E-state index contributed by atoms with van der Waals surface area (Å²) in [5.74, 6) is 0. The molecule has 21 heavy (non-hydrogen) atoms. The standard InChI is InChI=1S/C15H29N3O3/c1-6-17(7-2)14(20)18-10-8-12(9-11-18)16-13(19)21-15(3,4)5/h12H,6-11H2,1-5H3,(H,16,19). The summed E-state index contributed by atoms with van der Waals surface area (Å²) in [7, 11) is 0. The van der Waals surface area contributed by atoms with Crippen LogP contribution in [0.15, 0.2) is 0 Å². The van der Waals surface area contributed by atoms with E-state index < -0.39 is 5.60 Å². The van der Waals surface area contributed by atoms with E-state index >= 15 is 0 Å². The van der Waals surface area contributed by atoms with Crippen LogP contribution in [0.4, 0.5) is 9.59 Å². The van der Waals surface area contributed by atoms with Gasteiger partial charge in [0.2, 0.25) is 0 Å². The highest BCUT2D eigenvalue weighted by molar-refractivity contribution is 5.74. The van der Waals surface area contributed by atoms with E-state index in [9.17, 15) is 9.59 Å². The minimum Gasteiger partial charge on any atom is -0.444 e. The second kappa shape index (κ2) is 7.52. The normalized spacial score (nSPS) is 16.5. The predicted octanol–water partition coefficient (Wildman–Crippen LogP) is 2.44. The fraction of sp³-hybridized carbons (Fsp3) is 0.867. The molecule has 0 aliphatic carbocycles. The summed E-state index contributed by atoms with van der Waals surface area (Å²) in [4.78, 5) is 27.6. The molecule has 3 amide bonds. The number of rotatable bonds is 3. The molecular weight excluding hydrogens is 270 g/mol. The summed E-state index contributed by atoms with van der Waals surface area (Å²) in [6.45, 7) is 12.3. The van der Waals surface area contributed by atoms with Crippen LogP contribution in [0, 0.1) is 0 Å². The van der Waals surface area contributed by atoms with Gasteiger partial charge >= 0.3 is 12.1 Å². The van der Waals surface area contributed by atoms with E-state index in [0.29, 0.717) is 13.1 Å². The van der Waals surface area contributed by atoms with Crippen molar-refractivity contribution >= 4 is 12.1 Å². The first-order valence-corrected chi connectivity index (χ1v) is 7.80. The van der Waals surface area contributed by atoms with Gasteiger partial charge in [-0.15, -0.1) is 0 Å². The van der Waals surface area contributed by atoms with Gasteiger partial charge in [0.15, 0.2) is 0 Å². The maximum Gasteiger partial charge on any atom is 0.407 e. The third kappa shape index (κ3) is 5.81. The zero-order valence-corrected chi connectivity index (χ0v) is 13.9. The van der Waals surface area contributed by atoms with Crippen molar-refractivity contribution in [2.45, 2.75) is 59.1 Å². The Morgan fingerprint density at radius 2 is 1.71 bits per heavy atom. The van der Waals surface area contributed by atoms with Crippen LogP contribution in [-0.4, -0.2) is 59.7 Å². The van der Waals surface area contributed by atoms with Crippen molar-refractivity contribution in [1.29, 1.82) is 0 Å². The highest BCUT2D eigenvalue weighted by atomic mass is 16.6. The minimum absolute atomic E-state index is 0.0839. The van der Waals surface area contributed by atoms with Crippen molar-refractivity contribution in [3.8, 4) is 0 Å². The highest BCUT2D eigenvalue weighted by Gasteiger charge is 2.27. The molecule has 122 valence electrons. The maximum atomic E-state index is 12.2. The molecule has 0 radical (unpaired) electrons. The lowest BCUT2D eigenvalue weighted by Crippen LogP contribution is -2.51. The first-order valence-electron chi connectivity index (χ1n) is 7.80. The van der Waals surface area contributed by atoms with E-state index in [2.05, 4.69) is 5.32 Å². The monoisotopic (exact) mass is 299 g/mol. The lowest BCUT2D eigenvalue weighted by Gasteiger charge is -2.35. The zero-order chi connectivity index (χ0) is 16.0. The van der Waals surface area contributed by atoms with Gasteiger partial charge in [0.05, 0.1) is 0 Å². The third-order valence-corrected chi connectivity index (χ3v) is 3.52. The molecule has 1 aliphatic heterocycles. The Hall–Kier alpha value is -1.46. The number of carbonyl (C=O) groups excluding carboxylic acids is 2. The summed E-state index contributed by atoms with van der Waals surface area (Å²) in [5.41, 5.74) is -0.483.